The average molecular weight is 284 g/mol. The van der Waals surface area contributed by atoms with E-state index in [2.05, 4.69) is 37.4 Å². The van der Waals surface area contributed by atoms with Crippen molar-refractivity contribution in [3.63, 3.8) is 0 Å². The van der Waals surface area contributed by atoms with Gasteiger partial charge < -0.3 is 5.32 Å². The Morgan fingerprint density at radius 2 is 2.19 bits per heavy atom. The van der Waals surface area contributed by atoms with E-state index >= 15 is 0 Å². The Kier molecular flexibility index (Phi) is 3.65. The number of hydrogen-bond acceptors (Lipinski definition) is 4. The van der Waals surface area contributed by atoms with Crippen LogP contribution >= 0.6 is 0 Å². The second-order valence-corrected chi connectivity index (χ2v) is 5.70. The van der Waals surface area contributed by atoms with Gasteiger partial charge in [0.05, 0.1) is 29.7 Å². The highest BCUT2D eigenvalue weighted by Crippen LogP contribution is 2.30. The van der Waals surface area contributed by atoms with Gasteiger partial charge in [-0.3, -0.25) is 9.78 Å². The minimum Gasteiger partial charge on any atom is -0.362 e. The van der Waals surface area contributed by atoms with Crippen molar-refractivity contribution in [3.05, 3.63) is 28.7 Å². The predicted molar refractivity (Wildman–Crippen MR) is 79.8 cm³/mol. The predicted octanol–water partition coefficient (Wildman–Crippen LogP) is 2.82. The van der Waals surface area contributed by atoms with E-state index in [1.54, 1.807) is 0 Å². The molecule has 0 radical (unpaired) electrons. The molecule has 2 N–H and O–H groups in total. The van der Waals surface area contributed by atoms with Crippen LogP contribution in [0.2, 0.25) is 0 Å². The molecule has 0 bridgehead atoms. The average Bonchev–Trinajstić information content (AvgIpc) is 3.16. The van der Waals surface area contributed by atoms with E-state index in [9.17, 15) is 0 Å². The molecule has 6 heteroatoms. The van der Waals surface area contributed by atoms with E-state index in [4.69, 9.17) is 5.26 Å². The molecule has 110 valence electrons. The Morgan fingerprint density at radius 3 is 2.90 bits per heavy atom. The van der Waals surface area contributed by atoms with Crippen molar-refractivity contribution >= 4 is 5.82 Å². The van der Waals surface area contributed by atoms with Crippen LogP contribution in [0, 0.1) is 25.2 Å². The van der Waals surface area contributed by atoms with Gasteiger partial charge in [0, 0.05) is 0 Å². The molecule has 2 heterocycles. The van der Waals surface area contributed by atoms with E-state index in [-0.39, 0.29) is 0 Å². The van der Waals surface area contributed by atoms with Crippen molar-refractivity contribution in [3.8, 4) is 6.07 Å². The molecule has 0 aliphatic heterocycles. The minimum atomic E-state index is 0.520. The fraction of sp³-hybridized carbons (Fsp3) is 0.533. The van der Waals surface area contributed by atoms with Gasteiger partial charge in [0.15, 0.2) is 5.82 Å². The molecular weight excluding hydrogens is 264 g/mol. The van der Waals surface area contributed by atoms with E-state index < -0.39 is 0 Å². The summed E-state index contributed by atoms with van der Waals surface area (Å²) in [6.45, 7) is 4.51. The molecule has 2 aromatic heterocycles. The number of nitrogens with one attached hydrogen (secondary N) is 2. The Hall–Kier alpha value is -2.29. The zero-order chi connectivity index (χ0) is 14.8. The maximum Gasteiger partial charge on any atom is 0.166 e. The lowest BCUT2D eigenvalue weighted by Gasteiger charge is -2.14. The topological polar surface area (TPSA) is 82.3 Å². The van der Waals surface area contributed by atoms with Gasteiger partial charge in [-0.25, -0.2) is 0 Å². The molecule has 6 nitrogen and oxygen atoms in total. The number of hydrogen-bond donors (Lipinski definition) is 2. The van der Waals surface area contributed by atoms with Crippen LogP contribution in [0.15, 0.2) is 6.07 Å². The molecule has 0 spiro atoms. The lowest BCUT2D eigenvalue weighted by Crippen LogP contribution is -2.13. The number of aromatic nitrogens is 4. The lowest BCUT2D eigenvalue weighted by molar-refractivity contribution is 0.450. The van der Waals surface area contributed by atoms with Crippen molar-refractivity contribution < 1.29 is 0 Å². The standard InChI is InChI=1S/C15H20N6/c1-10-7-13(21(20-10)12-5-3-4-6-12)9-17-15-14(8-16)11(2)18-19-15/h7,12H,3-6,9H2,1-2H3,(H2,17,18,19). The molecule has 21 heavy (non-hydrogen) atoms. The van der Waals surface area contributed by atoms with Crippen LogP contribution in [0.1, 0.15) is 54.4 Å². The SMILES string of the molecule is Cc1cc(CNc2n[nH]c(C)c2C#N)n(C2CCCC2)n1. The first-order chi connectivity index (χ1) is 10.2. The highest BCUT2D eigenvalue weighted by Gasteiger charge is 2.20. The van der Waals surface area contributed by atoms with Crippen LogP contribution in [0.25, 0.3) is 0 Å². The molecule has 2 aromatic rings. The van der Waals surface area contributed by atoms with Crippen molar-refractivity contribution in [2.45, 2.75) is 52.1 Å². The first-order valence-corrected chi connectivity index (χ1v) is 7.43. The quantitative estimate of drug-likeness (QED) is 0.904. The van der Waals surface area contributed by atoms with Gasteiger partial charge in [0.1, 0.15) is 11.6 Å². The van der Waals surface area contributed by atoms with E-state index in [0.717, 1.165) is 17.1 Å². The summed E-state index contributed by atoms with van der Waals surface area (Å²) in [5, 5.41) is 24.0. The van der Waals surface area contributed by atoms with Crippen molar-refractivity contribution in [1.29, 1.82) is 5.26 Å². The van der Waals surface area contributed by atoms with Crippen LogP contribution in [-0.4, -0.2) is 20.0 Å². The van der Waals surface area contributed by atoms with Crippen molar-refractivity contribution in [2.75, 3.05) is 5.32 Å². The summed E-state index contributed by atoms with van der Waals surface area (Å²) in [4.78, 5) is 0. The summed E-state index contributed by atoms with van der Waals surface area (Å²) < 4.78 is 2.15. The summed E-state index contributed by atoms with van der Waals surface area (Å²) in [7, 11) is 0. The van der Waals surface area contributed by atoms with Crippen LogP contribution in [0.5, 0.6) is 0 Å². The molecule has 0 atom stereocenters. The van der Waals surface area contributed by atoms with Crippen molar-refractivity contribution in [2.24, 2.45) is 0 Å². The molecule has 3 rings (SSSR count). The van der Waals surface area contributed by atoms with Gasteiger partial charge in [0.2, 0.25) is 0 Å². The molecule has 0 aromatic carbocycles. The Morgan fingerprint density at radius 1 is 1.43 bits per heavy atom. The summed E-state index contributed by atoms with van der Waals surface area (Å²) in [6.07, 6.45) is 4.99. The second-order valence-electron chi connectivity index (χ2n) is 5.70. The summed E-state index contributed by atoms with van der Waals surface area (Å²) in [5.41, 5.74) is 3.57. The zero-order valence-corrected chi connectivity index (χ0v) is 12.5. The largest absolute Gasteiger partial charge is 0.362 e. The summed E-state index contributed by atoms with van der Waals surface area (Å²) in [5.74, 6) is 0.617. The van der Waals surface area contributed by atoms with E-state index in [1.807, 2.05) is 13.8 Å². The fourth-order valence-electron chi connectivity index (χ4n) is 3.04. The summed E-state index contributed by atoms with van der Waals surface area (Å²) >= 11 is 0. The van der Waals surface area contributed by atoms with Crippen molar-refractivity contribution in [1.82, 2.24) is 20.0 Å². The molecule has 0 unspecified atom stereocenters. The lowest BCUT2D eigenvalue weighted by atomic mass is 10.2. The Bertz CT molecular complexity index is 669. The smallest absolute Gasteiger partial charge is 0.166 e. The molecule has 1 aliphatic carbocycles. The van der Waals surface area contributed by atoms with Gasteiger partial charge >= 0.3 is 0 Å². The number of aromatic amines is 1. The highest BCUT2D eigenvalue weighted by molar-refractivity contribution is 5.53. The highest BCUT2D eigenvalue weighted by atomic mass is 15.3. The molecular formula is C15H20N6. The second kappa shape index (κ2) is 5.60. The molecule has 0 saturated heterocycles. The number of rotatable bonds is 4. The van der Waals surface area contributed by atoms with Crippen LogP contribution in [0.3, 0.4) is 0 Å². The molecule has 0 amide bonds. The first kappa shape index (κ1) is 13.7. The number of H-pyrrole nitrogens is 1. The van der Waals surface area contributed by atoms with Gasteiger partial charge in [-0.05, 0) is 32.8 Å². The number of nitrogens with zero attached hydrogens (tertiary/aromatic N) is 4. The third-order valence-electron chi connectivity index (χ3n) is 4.10. The van der Waals surface area contributed by atoms with Crippen LogP contribution in [-0.2, 0) is 6.54 Å². The first-order valence-electron chi connectivity index (χ1n) is 7.43. The zero-order valence-electron chi connectivity index (χ0n) is 12.5. The van der Waals surface area contributed by atoms with Crippen LogP contribution < -0.4 is 5.32 Å². The third kappa shape index (κ3) is 2.64. The van der Waals surface area contributed by atoms with Gasteiger partial charge in [-0.15, -0.1) is 0 Å². The number of nitriles is 1. The van der Waals surface area contributed by atoms with Gasteiger partial charge in [0.25, 0.3) is 0 Å². The third-order valence-corrected chi connectivity index (χ3v) is 4.10. The normalized spacial score (nSPS) is 15.3. The Balaban J connectivity index is 1.77. The molecule has 1 saturated carbocycles. The Labute approximate surface area is 124 Å². The van der Waals surface area contributed by atoms with E-state index in [1.165, 1.54) is 25.7 Å². The van der Waals surface area contributed by atoms with E-state index in [0.29, 0.717) is 24.0 Å². The fourth-order valence-corrected chi connectivity index (χ4v) is 3.04. The maximum absolute atomic E-state index is 9.15. The van der Waals surface area contributed by atoms with Crippen LogP contribution in [0.4, 0.5) is 5.82 Å². The summed E-state index contributed by atoms with van der Waals surface area (Å²) in [6, 6.07) is 4.80. The number of anilines is 1. The maximum atomic E-state index is 9.15. The number of aryl methyl sites for hydroxylation is 2. The molecule has 1 aliphatic rings. The monoisotopic (exact) mass is 284 g/mol. The molecule has 1 fully saturated rings. The van der Waals surface area contributed by atoms with Gasteiger partial charge in [-0.1, -0.05) is 12.8 Å². The minimum absolute atomic E-state index is 0.520. The van der Waals surface area contributed by atoms with Gasteiger partial charge in [-0.2, -0.15) is 15.5 Å².